The lowest BCUT2D eigenvalue weighted by Crippen LogP contribution is -2.22. The highest BCUT2D eigenvalue weighted by Gasteiger charge is 2.14. The van der Waals surface area contributed by atoms with Gasteiger partial charge in [0.2, 0.25) is 0 Å². The zero-order valence-corrected chi connectivity index (χ0v) is 11.6. The molecule has 0 radical (unpaired) electrons. The minimum absolute atomic E-state index is 0.305. The minimum Gasteiger partial charge on any atom is -0.496 e. The van der Waals surface area contributed by atoms with Gasteiger partial charge in [-0.15, -0.1) is 0 Å². The Balaban J connectivity index is 2.92. The molecular weight excluding hydrogens is 268 g/mol. The number of rotatable bonds is 6. The SMILES string of the molecule is CNCCC(NC)c1cc(Br)ccc1OC. The largest absolute Gasteiger partial charge is 0.496 e. The Hall–Kier alpha value is -0.580. The first-order valence-electron chi connectivity index (χ1n) is 5.38. The zero-order chi connectivity index (χ0) is 12.0. The molecule has 4 heteroatoms. The van der Waals surface area contributed by atoms with Crippen LogP contribution in [-0.4, -0.2) is 27.7 Å². The van der Waals surface area contributed by atoms with Crippen LogP contribution in [-0.2, 0) is 0 Å². The summed E-state index contributed by atoms with van der Waals surface area (Å²) < 4.78 is 6.46. The van der Waals surface area contributed by atoms with Gasteiger partial charge in [-0.3, -0.25) is 0 Å². The van der Waals surface area contributed by atoms with Crippen LogP contribution in [0.15, 0.2) is 22.7 Å². The topological polar surface area (TPSA) is 33.3 Å². The van der Waals surface area contributed by atoms with Gasteiger partial charge in [-0.1, -0.05) is 15.9 Å². The summed E-state index contributed by atoms with van der Waals surface area (Å²) in [5.74, 6) is 0.929. The molecule has 0 spiro atoms. The third-order valence-electron chi connectivity index (χ3n) is 2.60. The van der Waals surface area contributed by atoms with Crippen LogP contribution < -0.4 is 15.4 Å². The lowest BCUT2D eigenvalue weighted by atomic mass is 10.0. The number of ether oxygens (including phenoxy) is 1. The molecule has 2 N–H and O–H groups in total. The molecule has 1 atom stereocenters. The van der Waals surface area contributed by atoms with Gasteiger partial charge in [-0.2, -0.15) is 0 Å². The predicted octanol–water partition coefficient (Wildman–Crippen LogP) is 2.33. The fourth-order valence-electron chi connectivity index (χ4n) is 1.72. The summed E-state index contributed by atoms with van der Waals surface area (Å²) in [6.45, 7) is 0.973. The van der Waals surface area contributed by atoms with E-state index in [2.05, 4.69) is 32.6 Å². The van der Waals surface area contributed by atoms with Crippen LogP contribution in [0.3, 0.4) is 0 Å². The van der Waals surface area contributed by atoms with Gasteiger partial charge in [0.05, 0.1) is 7.11 Å². The first-order chi connectivity index (χ1) is 7.72. The van der Waals surface area contributed by atoms with E-state index < -0.39 is 0 Å². The van der Waals surface area contributed by atoms with Crippen molar-refractivity contribution < 1.29 is 4.74 Å². The fourth-order valence-corrected chi connectivity index (χ4v) is 2.10. The number of halogens is 1. The molecule has 16 heavy (non-hydrogen) atoms. The molecule has 0 amide bonds. The third-order valence-corrected chi connectivity index (χ3v) is 3.09. The van der Waals surface area contributed by atoms with E-state index in [9.17, 15) is 0 Å². The van der Waals surface area contributed by atoms with Crippen molar-refractivity contribution in [2.75, 3.05) is 27.7 Å². The predicted molar refractivity (Wildman–Crippen MR) is 71.0 cm³/mol. The summed E-state index contributed by atoms with van der Waals surface area (Å²) in [5, 5.41) is 6.48. The Labute approximate surface area is 106 Å². The van der Waals surface area contributed by atoms with E-state index in [0.29, 0.717) is 6.04 Å². The smallest absolute Gasteiger partial charge is 0.123 e. The number of hydrogen-bond acceptors (Lipinski definition) is 3. The molecule has 1 aromatic carbocycles. The van der Waals surface area contributed by atoms with Gasteiger partial charge in [0.15, 0.2) is 0 Å². The maximum Gasteiger partial charge on any atom is 0.123 e. The summed E-state index contributed by atoms with van der Waals surface area (Å²) in [4.78, 5) is 0. The van der Waals surface area contributed by atoms with E-state index >= 15 is 0 Å². The molecule has 3 nitrogen and oxygen atoms in total. The highest BCUT2D eigenvalue weighted by molar-refractivity contribution is 9.10. The number of nitrogens with one attached hydrogen (secondary N) is 2. The monoisotopic (exact) mass is 286 g/mol. The zero-order valence-electron chi connectivity index (χ0n) is 10.0. The summed E-state index contributed by atoms with van der Waals surface area (Å²) >= 11 is 3.49. The van der Waals surface area contributed by atoms with Crippen molar-refractivity contribution in [3.8, 4) is 5.75 Å². The Bertz CT molecular complexity index is 331. The van der Waals surface area contributed by atoms with Gasteiger partial charge < -0.3 is 15.4 Å². The van der Waals surface area contributed by atoms with Crippen LogP contribution in [0.25, 0.3) is 0 Å². The van der Waals surface area contributed by atoms with Crippen molar-refractivity contribution in [3.63, 3.8) is 0 Å². The van der Waals surface area contributed by atoms with Crippen LogP contribution in [0.2, 0.25) is 0 Å². The van der Waals surface area contributed by atoms with Crippen molar-refractivity contribution in [2.24, 2.45) is 0 Å². The van der Waals surface area contributed by atoms with E-state index in [-0.39, 0.29) is 0 Å². The molecule has 0 heterocycles. The molecular formula is C12H19BrN2O. The molecule has 0 aliphatic heterocycles. The van der Waals surface area contributed by atoms with Crippen LogP contribution >= 0.6 is 15.9 Å². The van der Waals surface area contributed by atoms with Gasteiger partial charge in [0.1, 0.15) is 5.75 Å². The van der Waals surface area contributed by atoms with Gasteiger partial charge in [0.25, 0.3) is 0 Å². The highest BCUT2D eigenvalue weighted by atomic mass is 79.9. The van der Waals surface area contributed by atoms with Crippen molar-refractivity contribution in [1.82, 2.24) is 10.6 Å². The maximum absolute atomic E-state index is 5.38. The average molecular weight is 287 g/mol. The van der Waals surface area contributed by atoms with Gasteiger partial charge in [-0.05, 0) is 45.3 Å². The lowest BCUT2D eigenvalue weighted by molar-refractivity contribution is 0.398. The van der Waals surface area contributed by atoms with Crippen molar-refractivity contribution in [2.45, 2.75) is 12.5 Å². The Morgan fingerprint density at radius 1 is 1.38 bits per heavy atom. The second-order valence-electron chi connectivity index (χ2n) is 3.62. The van der Waals surface area contributed by atoms with Crippen molar-refractivity contribution in [3.05, 3.63) is 28.2 Å². The molecule has 0 saturated heterocycles. The normalized spacial score (nSPS) is 12.5. The molecule has 0 aromatic heterocycles. The number of hydrogen-bond donors (Lipinski definition) is 2. The Kier molecular flexibility index (Phi) is 5.80. The summed E-state index contributed by atoms with van der Waals surface area (Å²) in [6.07, 6.45) is 1.03. The molecule has 0 fully saturated rings. The van der Waals surface area contributed by atoms with Gasteiger partial charge >= 0.3 is 0 Å². The standard InChI is InChI=1S/C12H19BrN2O/c1-14-7-6-11(15-2)10-8-9(13)4-5-12(10)16-3/h4-5,8,11,14-15H,6-7H2,1-3H3. The summed E-state index contributed by atoms with van der Waals surface area (Å²) in [5.41, 5.74) is 1.19. The van der Waals surface area contributed by atoms with Crippen LogP contribution in [0, 0.1) is 0 Å². The van der Waals surface area contributed by atoms with E-state index in [1.165, 1.54) is 5.56 Å². The maximum atomic E-state index is 5.38. The highest BCUT2D eigenvalue weighted by Crippen LogP contribution is 2.29. The first kappa shape index (κ1) is 13.5. The van der Waals surface area contributed by atoms with Crippen LogP contribution in [0.5, 0.6) is 5.75 Å². The molecule has 0 aliphatic rings. The second-order valence-corrected chi connectivity index (χ2v) is 4.54. The van der Waals surface area contributed by atoms with Crippen molar-refractivity contribution >= 4 is 15.9 Å². The lowest BCUT2D eigenvalue weighted by Gasteiger charge is -2.19. The van der Waals surface area contributed by atoms with Gasteiger partial charge in [-0.25, -0.2) is 0 Å². The molecule has 90 valence electrons. The van der Waals surface area contributed by atoms with E-state index in [4.69, 9.17) is 4.74 Å². The molecule has 0 aliphatic carbocycles. The molecule has 1 rings (SSSR count). The van der Waals surface area contributed by atoms with Crippen LogP contribution in [0.1, 0.15) is 18.0 Å². The minimum atomic E-state index is 0.305. The van der Waals surface area contributed by atoms with Crippen molar-refractivity contribution in [1.29, 1.82) is 0 Å². The van der Waals surface area contributed by atoms with Gasteiger partial charge in [0, 0.05) is 16.1 Å². The molecule has 1 unspecified atom stereocenters. The molecule has 1 aromatic rings. The van der Waals surface area contributed by atoms with E-state index in [1.807, 2.05) is 26.2 Å². The van der Waals surface area contributed by atoms with E-state index in [1.54, 1.807) is 7.11 Å². The van der Waals surface area contributed by atoms with E-state index in [0.717, 1.165) is 23.2 Å². The Morgan fingerprint density at radius 2 is 2.12 bits per heavy atom. The number of benzene rings is 1. The third kappa shape index (κ3) is 3.47. The second kappa shape index (κ2) is 6.89. The number of methoxy groups -OCH3 is 1. The van der Waals surface area contributed by atoms with Crippen LogP contribution in [0.4, 0.5) is 0 Å². The summed E-state index contributed by atoms with van der Waals surface area (Å²) in [6, 6.07) is 6.39. The summed E-state index contributed by atoms with van der Waals surface area (Å²) in [7, 11) is 5.64. The molecule has 0 bridgehead atoms. The first-order valence-corrected chi connectivity index (χ1v) is 6.17. The average Bonchev–Trinajstić information content (AvgIpc) is 2.30. The molecule has 0 saturated carbocycles. The Morgan fingerprint density at radius 3 is 2.69 bits per heavy atom. The quantitative estimate of drug-likeness (QED) is 0.842. The fraction of sp³-hybridized carbons (Fsp3) is 0.500.